The maximum Gasteiger partial charge on any atom is 0.270 e. The molecule has 0 unspecified atom stereocenters. The molecule has 0 bridgehead atoms. The summed E-state index contributed by atoms with van der Waals surface area (Å²) in [5, 5.41) is 26.3. The van der Waals surface area contributed by atoms with Gasteiger partial charge in [-0.2, -0.15) is 0 Å². The van der Waals surface area contributed by atoms with Crippen LogP contribution in [0.1, 0.15) is 11.1 Å². The van der Waals surface area contributed by atoms with Crippen LogP contribution >= 0.6 is 12.2 Å². The average Bonchev–Trinajstić information content (AvgIpc) is 2.50. The third kappa shape index (κ3) is 4.36. The summed E-state index contributed by atoms with van der Waals surface area (Å²) < 4.78 is 13.5. The van der Waals surface area contributed by atoms with E-state index in [-0.39, 0.29) is 28.9 Å². The van der Waals surface area contributed by atoms with Gasteiger partial charge in [0, 0.05) is 29.9 Å². The van der Waals surface area contributed by atoms with E-state index in [1.165, 1.54) is 24.3 Å². The van der Waals surface area contributed by atoms with E-state index in [0.717, 1.165) is 0 Å². The summed E-state index contributed by atoms with van der Waals surface area (Å²) in [6, 6.07) is 8.33. The van der Waals surface area contributed by atoms with Crippen molar-refractivity contribution in [1.29, 1.82) is 0 Å². The van der Waals surface area contributed by atoms with Crippen LogP contribution in [0.4, 0.5) is 15.8 Å². The van der Waals surface area contributed by atoms with Crippen LogP contribution < -0.4 is 10.6 Å². The smallest absolute Gasteiger partial charge is 0.270 e. The molecule has 0 saturated carbocycles. The van der Waals surface area contributed by atoms with Crippen molar-refractivity contribution in [3.8, 4) is 5.75 Å². The highest BCUT2D eigenvalue weighted by Gasteiger charge is 2.10. The molecule has 0 aliphatic rings. The van der Waals surface area contributed by atoms with Crippen molar-refractivity contribution in [1.82, 2.24) is 5.32 Å². The molecule has 0 aliphatic heterocycles. The zero-order valence-electron chi connectivity index (χ0n) is 12.2. The fourth-order valence-corrected chi connectivity index (χ4v) is 2.04. The summed E-state index contributed by atoms with van der Waals surface area (Å²) in [7, 11) is 0. The summed E-state index contributed by atoms with van der Waals surface area (Å²) >= 11 is 5.08. The molecule has 2 aromatic carbocycles. The molecule has 23 heavy (non-hydrogen) atoms. The maximum atomic E-state index is 13.5. The van der Waals surface area contributed by atoms with Crippen molar-refractivity contribution < 1.29 is 14.4 Å². The average molecular weight is 335 g/mol. The predicted octanol–water partition coefficient (Wildman–Crippen LogP) is 3.23. The van der Waals surface area contributed by atoms with Crippen molar-refractivity contribution in [2.75, 3.05) is 5.32 Å². The number of nitro groups is 1. The van der Waals surface area contributed by atoms with Crippen molar-refractivity contribution >= 4 is 28.7 Å². The molecule has 0 aromatic heterocycles. The lowest BCUT2D eigenvalue weighted by Crippen LogP contribution is -2.28. The summed E-state index contributed by atoms with van der Waals surface area (Å²) in [4.78, 5) is 10.2. The number of hydrogen-bond donors (Lipinski definition) is 3. The molecule has 0 atom stereocenters. The lowest BCUT2D eigenvalue weighted by Gasteiger charge is -2.12. The van der Waals surface area contributed by atoms with Gasteiger partial charge in [-0.05, 0) is 42.9 Å². The Balaban J connectivity index is 2.00. The van der Waals surface area contributed by atoms with Crippen LogP contribution in [0.2, 0.25) is 0 Å². The number of phenols is 1. The van der Waals surface area contributed by atoms with Crippen LogP contribution in [0.15, 0.2) is 36.4 Å². The number of nitrogens with one attached hydrogen (secondary N) is 2. The zero-order valence-corrected chi connectivity index (χ0v) is 13.0. The van der Waals surface area contributed by atoms with E-state index in [2.05, 4.69) is 10.6 Å². The molecule has 3 N–H and O–H groups in total. The molecule has 6 nitrogen and oxygen atoms in total. The summed E-state index contributed by atoms with van der Waals surface area (Å²) in [5.74, 6) is -0.429. The Morgan fingerprint density at radius 2 is 2.09 bits per heavy atom. The molecule has 120 valence electrons. The van der Waals surface area contributed by atoms with Crippen molar-refractivity contribution in [2.24, 2.45) is 0 Å². The Kier molecular flexibility index (Phi) is 5.07. The van der Waals surface area contributed by atoms with Crippen molar-refractivity contribution in [2.45, 2.75) is 13.5 Å². The van der Waals surface area contributed by atoms with Gasteiger partial charge in [0.2, 0.25) is 0 Å². The molecule has 0 radical (unpaired) electrons. The highest BCUT2D eigenvalue weighted by Crippen LogP contribution is 2.22. The monoisotopic (exact) mass is 335 g/mol. The van der Waals surface area contributed by atoms with Gasteiger partial charge in [0.05, 0.1) is 4.92 Å². The number of non-ortho nitro benzene ring substituents is 1. The number of nitro benzene ring substituents is 1. The van der Waals surface area contributed by atoms with E-state index in [4.69, 9.17) is 12.2 Å². The number of thiocarbonyl (C=S) groups is 1. The van der Waals surface area contributed by atoms with Crippen molar-refractivity contribution in [3.05, 3.63) is 63.5 Å². The van der Waals surface area contributed by atoms with E-state index in [1.54, 1.807) is 19.1 Å². The first-order valence-electron chi connectivity index (χ1n) is 6.64. The molecule has 0 heterocycles. The third-order valence-corrected chi connectivity index (χ3v) is 3.39. The summed E-state index contributed by atoms with van der Waals surface area (Å²) in [5.41, 5.74) is 1.21. The van der Waals surface area contributed by atoms with Gasteiger partial charge in [0.15, 0.2) is 5.11 Å². The molecule has 2 rings (SSSR count). The molecular weight excluding hydrogens is 321 g/mol. The Hall–Kier alpha value is -2.74. The molecule has 0 amide bonds. The Morgan fingerprint density at radius 1 is 1.35 bits per heavy atom. The summed E-state index contributed by atoms with van der Waals surface area (Å²) in [6.07, 6.45) is 0. The molecular formula is C15H14FN3O3S. The van der Waals surface area contributed by atoms with Crippen LogP contribution in [-0.2, 0) is 6.54 Å². The van der Waals surface area contributed by atoms with Gasteiger partial charge in [-0.15, -0.1) is 0 Å². The first kappa shape index (κ1) is 16.6. The first-order valence-corrected chi connectivity index (χ1v) is 7.05. The largest absolute Gasteiger partial charge is 0.508 e. The van der Waals surface area contributed by atoms with E-state index < -0.39 is 4.92 Å². The second kappa shape index (κ2) is 7.01. The van der Waals surface area contributed by atoms with Crippen LogP contribution in [0.25, 0.3) is 0 Å². The Bertz CT molecular complexity index is 768. The topological polar surface area (TPSA) is 87.4 Å². The number of phenolic OH excluding ortho intramolecular Hbond substituents is 1. The van der Waals surface area contributed by atoms with E-state index in [1.807, 2.05) is 0 Å². The van der Waals surface area contributed by atoms with E-state index >= 15 is 0 Å². The molecule has 0 spiro atoms. The Morgan fingerprint density at radius 3 is 2.74 bits per heavy atom. The molecule has 0 aliphatic carbocycles. The van der Waals surface area contributed by atoms with Gasteiger partial charge >= 0.3 is 0 Å². The van der Waals surface area contributed by atoms with E-state index in [9.17, 15) is 19.6 Å². The van der Waals surface area contributed by atoms with Crippen LogP contribution in [0.5, 0.6) is 5.75 Å². The molecule has 8 heteroatoms. The summed E-state index contributed by atoms with van der Waals surface area (Å²) in [6.45, 7) is 1.74. The number of halogens is 1. The van der Waals surface area contributed by atoms with Crippen LogP contribution in [-0.4, -0.2) is 15.1 Å². The number of nitrogens with zero attached hydrogens (tertiary/aromatic N) is 1. The van der Waals surface area contributed by atoms with Gasteiger partial charge in [-0.1, -0.05) is 6.07 Å². The number of anilines is 1. The quantitative estimate of drug-likeness (QED) is 0.452. The number of aromatic hydroxyl groups is 1. The lowest BCUT2D eigenvalue weighted by atomic mass is 10.2. The fraction of sp³-hybridized carbons (Fsp3) is 0.133. The second-order valence-electron chi connectivity index (χ2n) is 4.84. The van der Waals surface area contributed by atoms with Gasteiger partial charge < -0.3 is 15.7 Å². The molecule has 0 saturated heterocycles. The minimum absolute atomic E-state index is 0.0766. The number of hydrogen-bond acceptors (Lipinski definition) is 4. The molecule has 0 fully saturated rings. The van der Waals surface area contributed by atoms with Gasteiger partial charge in [-0.3, -0.25) is 10.1 Å². The standard InChI is InChI=1S/C15H14FN3O3S/c1-9-2-3-11(7-13(9)16)18-15(23)17-8-10-6-12(19(21)22)4-5-14(10)20/h2-7,20H,8H2,1H3,(H2,17,18,23). The first-order chi connectivity index (χ1) is 10.9. The number of rotatable bonds is 4. The normalized spacial score (nSPS) is 10.2. The highest BCUT2D eigenvalue weighted by molar-refractivity contribution is 7.80. The van der Waals surface area contributed by atoms with Crippen molar-refractivity contribution in [3.63, 3.8) is 0 Å². The zero-order chi connectivity index (χ0) is 17.0. The third-order valence-electron chi connectivity index (χ3n) is 3.14. The Labute approximate surface area is 137 Å². The highest BCUT2D eigenvalue weighted by atomic mass is 32.1. The fourth-order valence-electron chi connectivity index (χ4n) is 1.85. The minimum atomic E-state index is -0.547. The SMILES string of the molecule is Cc1ccc(NC(=S)NCc2cc([N+](=O)[O-])ccc2O)cc1F. The lowest BCUT2D eigenvalue weighted by molar-refractivity contribution is -0.384. The van der Waals surface area contributed by atoms with Crippen LogP contribution in [0, 0.1) is 22.9 Å². The minimum Gasteiger partial charge on any atom is -0.508 e. The van der Waals surface area contributed by atoms with Gasteiger partial charge in [0.25, 0.3) is 5.69 Å². The second-order valence-corrected chi connectivity index (χ2v) is 5.25. The predicted molar refractivity (Wildman–Crippen MR) is 89.0 cm³/mol. The number of aryl methyl sites for hydroxylation is 1. The van der Waals surface area contributed by atoms with Crippen LogP contribution in [0.3, 0.4) is 0 Å². The molecule has 2 aromatic rings. The van der Waals surface area contributed by atoms with Gasteiger partial charge in [0.1, 0.15) is 11.6 Å². The maximum absolute atomic E-state index is 13.5. The number of benzene rings is 2. The van der Waals surface area contributed by atoms with Gasteiger partial charge in [-0.25, -0.2) is 4.39 Å². The van der Waals surface area contributed by atoms with E-state index in [0.29, 0.717) is 16.8 Å².